The second kappa shape index (κ2) is 8.72. The van der Waals surface area contributed by atoms with E-state index in [-0.39, 0.29) is 24.6 Å². The third kappa shape index (κ3) is 4.76. The molecule has 2 aromatic rings. The van der Waals surface area contributed by atoms with E-state index >= 15 is 0 Å². The van der Waals surface area contributed by atoms with Crippen LogP contribution in [0.15, 0.2) is 24.5 Å². The van der Waals surface area contributed by atoms with Crippen LogP contribution in [0.3, 0.4) is 0 Å². The molecule has 0 atom stereocenters. The van der Waals surface area contributed by atoms with E-state index in [0.717, 1.165) is 32.7 Å². The molecule has 0 saturated carbocycles. The number of hydrogen-bond acceptors (Lipinski definition) is 5. The van der Waals surface area contributed by atoms with Gasteiger partial charge in [-0.05, 0) is 19.9 Å². The van der Waals surface area contributed by atoms with E-state index in [1.807, 2.05) is 0 Å². The summed E-state index contributed by atoms with van der Waals surface area (Å²) in [6.07, 6.45) is 3.04. The minimum absolute atomic E-state index is 0. The molecule has 25 heavy (non-hydrogen) atoms. The predicted molar refractivity (Wildman–Crippen MR) is 97.9 cm³/mol. The van der Waals surface area contributed by atoms with Crippen LogP contribution in [0.4, 0.5) is 0 Å². The molecule has 1 aliphatic heterocycles. The minimum atomic E-state index is -0.989. The van der Waals surface area contributed by atoms with Crippen molar-refractivity contribution in [3.8, 4) is 5.75 Å². The van der Waals surface area contributed by atoms with E-state index < -0.39 is 5.97 Å². The van der Waals surface area contributed by atoms with Gasteiger partial charge in [-0.15, -0.1) is 0 Å². The average Bonchev–Trinajstić information content (AvgIpc) is 2.99. The van der Waals surface area contributed by atoms with Crippen LogP contribution in [-0.2, 0) is 0 Å². The Bertz CT molecular complexity index is 711. The third-order valence-electron chi connectivity index (χ3n) is 4.52. The van der Waals surface area contributed by atoms with Crippen molar-refractivity contribution in [2.24, 2.45) is 0 Å². The predicted octanol–water partition coefficient (Wildman–Crippen LogP) is 0.789. The first-order valence-corrected chi connectivity index (χ1v) is 8.34. The number of piperazine rings is 1. The zero-order valence-electron chi connectivity index (χ0n) is 14.2. The van der Waals surface area contributed by atoms with Gasteiger partial charge in [0.15, 0.2) is 5.69 Å². The molecule has 132 valence electrons. The molecule has 0 aliphatic carbocycles. The molecule has 2 aromatic heterocycles. The number of carbonyl (C=O) groups is 1. The molecule has 3 heterocycles. The monoisotopic (exact) mass is 340 g/mol. The van der Waals surface area contributed by atoms with Gasteiger partial charge in [-0.25, -0.2) is 9.78 Å². The number of hydrogen-bond donors (Lipinski definition) is 1. The van der Waals surface area contributed by atoms with Crippen LogP contribution in [0.25, 0.3) is 5.65 Å². The topological polar surface area (TPSA) is 70.3 Å². The van der Waals surface area contributed by atoms with Crippen molar-refractivity contribution in [1.82, 2.24) is 19.2 Å². The summed E-state index contributed by atoms with van der Waals surface area (Å²) in [7, 11) is 0. The molecule has 0 radical (unpaired) electrons. The Morgan fingerprint density at radius 2 is 2.04 bits per heavy atom. The Balaban J connectivity index is 0.00000225. The van der Waals surface area contributed by atoms with Crippen molar-refractivity contribution in [2.45, 2.75) is 19.9 Å². The van der Waals surface area contributed by atoms with Crippen molar-refractivity contribution in [1.29, 1.82) is 0 Å². The molecule has 1 saturated heterocycles. The van der Waals surface area contributed by atoms with Crippen LogP contribution >= 0.6 is 0 Å². The third-order valence-corrected chi connectivity index (χ3v) is 4.52. The van der Waals surface area contributed by atoms with Crippen molar-refractivity contribution in [3.05, 3.63) is 30.2 Å². The van der Waals surface area contributed by atoms with Gasteiger partial charge in [0.25, 0.3) is 0 Å². The molecule has 0 bridgehead atoms. The Labute approximate surface area is 159 Å². The summed E-state index contributed by atoms with van der Waals surface area (Å²) in [6.45, 7) is 10.3. The Morgan fingerprint density at radius 3 is 2.68 bits per heavy atom. The standard InChI is InChI=1S/C17H24N4O3.Li.H/c1-13(2)20-7-5-19(6-8-20)9-10-24-14-3-4-21-15(17(22)23)12-18-16(21)11-14;;/h3-4,11-13H,5-10H2,1-2H3,(H,22,23);;. The molecular formula is C17H25LiN4O3. The first kappa shape index (κ1) is 19.8. The number of fused-ring (bicyclic) bond motifs is 1. The number of imidazole rings is 1. The summed E-state index contributed by atoms with van der Waals surface area (Å²) in [6, 6.07) is 4.15. The Morgan fingerprint density at radius 1 is 1.32 bits per heavy atom. The fourth-order valence-electron chi connectivity index (χ4n) is 3.01. The fourth-order valence-corrected chi connectivity index (χ4v) is 3.01. The maximum absolute atomic E-state index is 11.1. The quantitative estimate of drug-likeness (QED) is 0.784. The van der Waals surface area contributed by atoms with Crippen molar-refractivity contribution in [2.75, 3.05) is 39.3 Å². The molecule has 0 amide bonds. The number of ether oxygens (including phenoxy) is 1. The zero-order chi connectivity index (χ0) is 17.1. The summed E-state index contributed by atoms with van der Waals surface area (Å²) >= 11 is 0. The molecule has 1 aliphatic rings. The van der Waals surface area contributed by atoms with Crippen LogP contribution in [0.5, 0.6) is 5.75 Å². The van der Waals surface area contributed by atoms with Crippen molar-refractivity contribution >= 4 is 30.5 Å². The first-order chi connectivity index (χ1) is 11.5. The maximum atomic E-state index is 11.1. The van der Waals surface area contributed by atoms with Gasteiger partial charge >= 0.3 is 24.8 Å². The SMILES string of the molecule is CC(C)N1CCN(CCOc2ccn3c(C(=O)O)cnc3c2)CC1.[LiH]. The number of rotatable bonds is 6. The number of aromatic carboxylic acids is 1. The average molecular weight is 340 g/mol. The Hall–Kier alpha value is -1.52. The van der Waals surface area contributed by atoms with Gasteiger partial charge in [-0.1, -0.05) is 0 Å². The van der Waals surface area contributed by atoms with E-state index in [9.17, 15) is 4.79 Å². The van der Waals surface area contributed by atoms with Gasteiger partial charge in [0, 0.05) is 51.0 Å². The first-order valence-electron chi connectivity index (χ1n) is 8.34. The fraction of sp³-hybridized carbons (Fsp3) is 0.529. The summed E-state index contributed by atoms with van der Waals surface area (Å²) in [5, 5.41) is 9.08. The zero-order valence-corrected chi connectivity index (χ0v) is 14.2. The molecule has 0 unspecified atom stereocenters. The van der Waals surface area contributed by atoms with Gasteiger partial charge in [0.05, 0.1) is 6.20 Å². The van der Waals surface area contributed by atoms with Gasteiger partial charge in [-0.3, -0.25) is 14.2 Å². The summed E-state index contributed by atoms with van der Waals surface area (Å²) in [4.78, 5) is 20.1. The van der Waals surface area contributed by atoms with Crippen LogP contribution in [0, 0.1) is 0 Å². The van der Waals surface area contributed by atoms with E-state index in [1.54, 1.807) is 22.7 Å². The second-order valence-electron chi connectivity index (χ2n) is 6.36. The molecule has 0 spiro atoms. The van der Waals surface area contributed by atoms with Crippen molar-refractivity contribution in [3.63, 3.8) is 0 Å². The summed E-state index contributed by atoms with van der Waals surface area (Å²) < 4.78 is 7.35. The molecule has 7 nitrogen and oxygen atoms in total. The van der Waals surface area contributed by atoms with Gasteiger partial charge in [-0.2, -0.15) is 0 Å². The number of pyridine rings is 1. The molecule has 1 fully saturated rings. The summed E-state index contributed by atoms with van der Waals surface area (Å²) in [5.74, 6) is -0.275. The van der Waals surface area contributed by atoms with Crippen LogP contribution in [0.1, 0.15) is 24.3 Å². The molecule has 1 N–H and O–H groups in total. The molecular weight excluding hydrogens is 315 g/mol. The summed E-state index contributed by atoms with van der Waals surface area (Å²) in [5.41, 5.74) is 0.732. The molecule has 8 heteroatoms. The number of aromatic nitrogens is 2. The van der Waals surface area contributed by atoms with E-state index in [1.165, 1.54) is 6.20 Å². The molecule has 3 rings (SSSR count). The number of nitrogens with zero attached hydrogens (tertiary/aromatic N) is 4. The number of carboxylic acids is 1. The van der Waals surface area contributed by atoms with Crippen molar-refractivity contribution < 1.29 is 14.6 Å². The van der Waals surface area contributed by atoms with E-state index in [2.05, 4.69) is 28.6 Å². The molecule has 0 aromatic carbocycles. The van der Waals surface area contributed by atoms with E-state index in [4.69, 9.17) is 9.84 Å². The van der Waals surface area contributed by atoms with Gasteiger partial charge in [0.2, 0.25) is 0 Å². The van der Waals surface area contributed by atoms with Crippen LogP contribution in [-0.4, -0.2) is 94.5 Å². The van der Waals surface area contributed by atoms with E-state index in [0.29, 0.717) is 24.0 Å². The Kier molecular flexibility index (Phi) is 6.91. The van der Waals surface area contributed by atoms with Gasteiger partial charge < -0.3 is 9.84 Å². The second-order valence-corrected chi connectivity index (χ2v) is 6.36. The van der Waals surface area contributed by atoms with Crippen LogP contribution < -0.4 is 4.74 Å². The van der Waals surface area contributed by atoms with Crippen LogP contribution in [0.2, 0.25) is 0 Å². The normalized spacial score (nSPS) is 16.1. The number of carboxylic acid groups (broad SMARTS) is 1. The van der Waals surface area contributed by atoms with Gasteiger partial charge in [0.1, 0.15) is 18.0 Å².